The first-order chi connectivity index (χ1) is 16.9. The standard InChI is InChI=1S/C23H29N11O/c1-14-6-5-7-34(14)13-20(35)27-16-8-19(15(2)24-9-16)29-21-18-11-25-23(30-22(18)33(4)31-21)28-17-10-26-32(3)12-17/h8-12,14H,5-7,13H2,1-4H3,(H,27,35)(H,29,31)(H,25,28,30). The van der Waals surface area contributed by atoms with E-state index in [-0.39, 0.29) is 5.91 Å². The maximum Gasteiger partial charge on any atom is 0.238 e. The Bertz CT molecular complexity index is 1380. The summed E-state index contributed by atoms with van der Waals surface area (Å²) in [6.45, 7) is 5.41. The van der Waals surface area contributed by atoms with Crippen LogP contribution >= 0.6 is 0 Å². The van der Waals surface area contributed by atoms with Gasteiger partial charge < -0.3 is 16.0 Å². The Labute approximate surface area is 202 Å². The van der Waals surface area contributed by atoms with E-state index in [1.807, 2.05) is 33.3 Å². The van der Waals surface area contributed by atoms with Crippen LogP contribution in [0.15, 0.2) is 30.9 Å². The summed E-state index contributed by atoms with van der Waals surface area (Å²) in [6, 6.07) is 2.31. The number of anilines is 5. The predicted octanol–water partition coefficient (Wildman–Crippen LogP) is 2.71. The molecule has 4 aromatic rings. The molecule has 1 aliphatic heterocycles. The Hall–Kier alpha value is -4.06. The van der Waals surface area contributed by atoms with E-state index in [2.05, 4.69) is 52.9 Å². The molecule has 1 saturated heterocycles. The summed E-state index contributed by atoms with van der Waals surface area (Å²) >= 11 is 0. The number of amides is 1. The van der Waals surface area contributed by atoms with Crippen LogP contribution in [0.3, 0.4) is 0 Å². The zero-order valence-electron chi connectivity index (χ0n) is 20.3. The Kier molecular flexibility index (Phi) is 6.03. The Balaban J connectivity index is 1.33. The molecule has 1 fully saturated rings. The smallest absolute Gasteiger partial charge is 0.238 e. The van der Waals surface area contributed by atoms with Crippen LogP contribution in [-0.2, 0) is 18.9 Å². The maximum absolute atomic E-state index is 12.6. The molecule has 4 aromatic heterocycles. The summed E-state index contributed by atoms with van der Waals surface area (Å²) in [5, 5.41) is 18.9. The highest BCUT2D eigenvalue weighted by Gasteiger charge is 2.22. The van der Waals surface area contributed by atoms with Gasteiger partial charge in [-0.25, -0.2) is 9.67 Å². The summed E-state index contributed by atoms with van der Waals surface area (Å²) in [4.78, 5) is 28.2. The number of hydrogen-bond acceptors (Lipinski definition) is 9. The summed E-state index contributed by atoms with van der Waals surface area (Å²) < 4.78 is 3.40. The lowest BCUT2D eigenvalue weighted by atomic mass is 10.2. The molecule has 0 radical (unpaired) electrons. The molecule has 12 nitrogen and oxygen atoms in total. The topological polar surface area (TPSA) is 131 Å². The number of fused-ring (bicyclic) bond motifs is 1. The summed E-state index contributed by atoms with van der Waals surface area (Å²) in [5.41, 5.74) is 3.63. The molecule has 0 aliphatic carbocycles. The number of nitrogens with one attached hydrogen (secondary N) is 3. The number of nitrogens with zero attached hydrogens (tertiary/aromatic N) is 8. The molecule has 0 spiro atoms. The van der Waals surface area contributed by atoms with Gasteiger partial charge in [0.2, 0.25) is 11.9 Å². The molecule has 3 N–H and O–H groups in total. The van der Waals surface area contributed by atoms with Crippen LogP contribution in [0.1, 0.15) is 25.5 Å². The average molecular weight is 476 g/mol. The van der Waals surface area contributed by atoms with Crippen LogP contribution in [0.2, 0.25) is 0 Å². The van der Waals surface area contributed by atoms with Crippen molar-refractivity contribution in [2.24, 2.45) is 14.1 Å². The molecule has 0 saturated carbocycles. The fourth-order valence-electron chi connectivity index (χ4n) is 4.27. The van der Waals surface area contributed by atoms with Gasteiger partial charge in [-0.05, 0) is 39.3 Å². The van der Waals surface area contributed by atoms with Crippen LogP contribution in [0.25, 0.3) is 11.0 Å². The quantitative estimate of drug-likeness (QED) is 0.369. The van der Waals surface area contributed by atoms with Crippen LogP contribution in [0, 0.1) is 6.92 Å². The first-order valence-corrected chi connectivity index (χ1v) is 11.6. The van der Waals surface area contributed by atoms with Gasteiger partial charge in [-0.15, -0.1) is 0 Å². The Morgan fingerprint density at radius 1 is 1.14 bits per heavy atom. The number of hydrogen-bond donors (Lipinski definition) is 3. The number of carbonyl (C=O) groups is 1. The minimum Gasteiger partial charge on any atom is -0.337 e. The van der Waals surface area contributed by atoms with E-state index in [0.717, 1.165) is 41.8 Å². The van der Waals surface area contributed by atoms with Gasteiger partial charge in [-0.1, -0.05) is 0 Å². The predicted molar refractivity (Wildman–Crippen MR) is 134 cm³/mol. The molecule has 5 heterocycles. The van der Waals surface area contributed by atoms with Gasteiger partial charge in [0.1, 0.15) is 0 Å². The van der Waals surface area contributed by atoms with Gasteiger partial charge in [0.25, 0.3) is 0 Å². The normalized spacial score (nSPS) is 16.1. The van der Waals surface area contributed by atoms with Gasteiger partial charge in [-0.3, -0.25) is 19.4 Å². The molecule has 12 heteroatoms. The van der Waals surface area contributed by atoms with E-state index in [1.165, 1.54) is 0 Å². The van der Waals surface area contributed by atoms with Crippen molar-refractivity contribution in [3.05, 3.63) is 36.5 Å². The van der Waals surface area contributed by atoms with Gasteiger partial charge in [0.15, 0.2) is 11.5 Å². The molecule has 182 valence electrons. The Morgan fingerprint density at radius 2 is 2.00 bits per heavy atom. The van der Waals surface area contributed by atoms with E-state index >= 15 is 0 Å². The average Bonchev–Trinajstić information content (AvgIpc) is 3.50. The second-order valence-corrected chi connectivity index (χ2v) is 8.92. The van der Waals surface area contributed by atoms with Crippen molar-refractivity contribution >= 4 is 45.8 Å². The molecule has 5 rings (SSSR count). The zero-order chi connectivity index (χ0) is 24.5. The number of pyridine rings is 1. The van der Waals surface area contributed by atoms with Crippen molar-refractivity contribution in [1.82, 2.24) is 39.4 Å². The molecular formula is C23H29N11O. The van der Waals surface area contributed by atoms with Crippen molar-refractivity contribution in [2.45, 2.75) is 32.7 Å². The number of aryl methyl sites for hydroxylation is 3. The third-order valence-corrected chi connectivity index (χ3v) is 6.20. The van der Waals surface area contributed by atoms with E-state index in [1.54, 1.807) is 28.0 Å². The second-order valence-electron chi connectivity index (χ2n) is 8.92. The minimum atomic E-state index is -0.0410. The molecule has 1 atom stereocenters. The van der Waals surface area contributed by atoms with Crippen molar-refractivity contribution in [1.29, 1.82) is 0 Å². The number of rotatable bonds is 7. The summed E-state index contributed by atoms with van der Waals surface area (Å²) in [6.07, 6.45) is 9.21. The van der Waals surface area contributed by atoms with Crippen LogP contribution in [0.5, 0.6) is 0 Å². The third kappa shape index (κ3) is 4.92. The number of likely N-dealkylation sites (tertiary alicyclic amines) is 1. The molecule has 0 bridgehead atoms. The summed E-state index contributed by atoms with van der Waals surface area (Å²) in [7, 11) is 3.68. The lowest BCUT2D eigenvalue weighted by Crippen LogP contribution is -2.35. The minimum absolute atomic E-state index is 0.0410. The monoisotopic (exact) mass is 475 g/mol. The lowest BCUT2D eigenvalue weighted by molar-refractivity contribution is -0.117. The van der Waals surface area contributed by atoms with E-state index in [9.17, 15) is 4.79 Å². The van der Waals surface area contributed by atoms with Gasteiger partial charge in [0.05, 0.1) is 47.1 Å². The van der Waals surface area contributed by atoms with Crippen molar-refractivity contribution in [2.75, 3.05) is 29.0 Å². The molecule has 0 aromatic carbocycles. The zero-order valence-corrected chi connectivity index (χ0v) is 20.3. The van der Waals surface area contributed by atoms with E-state index < -0.39 is 0 Å². The highest BCUT2D eigenvalue weighted by atomic mass is 16.2. The van der Waals surface area contributed by atoms with Crippen LogP contribution < -0.4 is 16.0 Å². The maximum atomic E-state index is 12.6. The first-order valence-electron chi connectivity index (χ1n) is 11.6. The van der Waals surface area contributed by atoms with E-state index in [0.29, 0.717) is 35.7 Å². The van der Waals surface area contributed by atoms with Crippen LogP contribution in [-0.4, -0.2) is 64.5 Å². The van der Waals surface area contributed by atoms with Crippen molar-refractivity contribution in [3.8, 4) is 0 Å². The molecule has 1 aliphatic rings. The van der Waals surface area contributed by atoms with Gasteiger partial charge in [0, 0.05) is 32.5 Å². The largest absolute Gasteiger partial charge is 0.337 e. The first kappa shape index (κ1) is 22.7. The SMILES string of the molecule is Cc1ncc(NC(=O)CN2CCCC2C)cc1Nc1nn(C)c2nc(Nc3cnn(C)c3)ncc12. The van der Waals surface area contributed by atoms with E-state index in [4.69, 9.17) is 0 Å². The number of carbonyl (C=O) groups excluding carboxylic acids is 1. The second kappa shape index (κ2) is 9.29. The third-order valence-electron chi connectivity index (χ3n) is 6.20. The van der Waals surface area contributed by atoms with Crippen LogP contribution in [0.4, 0.5) is 28.8 Å². The highest BCUT2D eigenvalue weighted by Crippen LogP contribution is 2.28. The van der Waals surface area contributed by atoms with Gasteiger partial charge in [-0.2, -0.15) is 15.2 Å². The lowest BCUT2D eigenvalue weighted by Gasteiger charge is -2.20. The molecule has 35 heavy (non-hydrogen) atoms. The fourth-order valence-corrected chi connectivity index (χ4v) is 4.27. The Morgan fingerprint density at radius 3 is 2.74 bits per heavy atom. The van der Waals surface area contributed by atoms with Gasteiger partial charge >= 0.3 is 0 Å². The van der Waals surface area contributed by atoms with Crippen molar-refractivity contribution < 1.29 is 4.79 Å². The molecular weight excluding hydrogens is 446 g/mol. The molecule has 1 unspecified atom stereocenters. The fraction of sp³-hybridized carbons (Fsp3) is 0.391. The molecule has 1 amide bonds. The highest BCUT2D eigenvalue weighted by molar-refractivity contribution is 5.93. The summed E-state index contributed by atoms with van der Waals surface area (Å²) in [5.74, 6) is 1.02. The number of aromatic nitrogens is 7. The van der Waals surface area contributed by atoms with Crippen molar-refractivity contribution in [3.63, 3.8) is 0 Å².